The van der Waals surface area contributed by atoms with E-state index < -0.39 is 12.4 Å². The molecule has 0 unspecified atom stereocenters. The topological polar surface area (TPSA) is 29.5 Å². The second-order valence-corrected chi connectivity index (χ2v) is 8.20. The molecular formula is C21H31FO2. The first kappa shape index (κ1) is 19.0. The number of hydrogen-bond donors (Lipinski definition) is 1. The van der Waals surface area contributed by atoms with Gasteiger partial charge in [0.2, 0.25) is 0 Å². The fourth-order valence-electron chi connectivity index (χ4n) is 3.48. The molecule has 1 aromatic rings. The van der Waals surface area contributed by atoms with Crippen LogP contribution in [0.15, 0.2) is 18.0 Å². The van der Waals surface area contributed by atoms with Crippen molar-refractivity contribution in [2.24, 2.45) is 0 Å². The van der Waals surface area contributed by atoms with Crippen molar-refractivity contribution < 1.29 is 14.2 Å². The highest BCUT2D eigenvalue weighted by Gasteiger charge is 2.38. The Balaban J connectivity index is 2.71. The monoisotopic (exact) mass is 334 g/mol. The van der Waals surface area contributed by atoms with Crippen LogP contribution in [0, 0.1) is 0 Å². The van der Waals surface area contributed by atoms with Crippen molar-refractivity contribution in [2.45, 2.75) is 71.6 Å². The summed E-state index contributed by atoms with van der Waals surface area (Å²) in [5.41, 5.74) is 3.93. The number of aliphatic hydroxyl groups is 1. The van der Waals surface area contributed by atoms with Crippen LogP contribution in [-0.4, -0.2) is 18.3 Å². The summed E-state index contributed by atoms with van der Waals surface area (Å²) in [4.78, 5) is 0. The van der Waals surface area contributed by atoms with Gasteiger partial charge in [-0.15, -0.1) is 0 Å². The normalized spacial score (nSPS) is 19.5. The van der Waals surface area contributed by atoms with Gasteiger partial charge in [-0.3, -0.25) is 0 Å². The average molecular weight is 334 g/mol. The standard InChI is InChI=1S/C21H31FO2/c1-7-10-24-19-12-17-16(11-15(19)14(2)18(22)13-23)20(3,4)8-9-21(17,5)6/h11-12,23H,7-10,13H2,1-6H3/b18-14+. The van der Waals surface area contributed by atoms with Gasteiger partial charge in [-0.2, -0.15) is 0 Å². The number of benzene rings is 1. The summed E-state index contributed by atoms with van der Waals surface area (Å²) in [5, 5.41) is 9.18. The molecule has 1 aromatic carbocycles. The van der Waals surface area contributed by atoms with E-state index in [1.165, 1.54) is 11.1 Å². The zero-order chi connectivity index (χ0) is 18.1. The fraction of sp³-hybridized carbons (Fsp3) is 0.619. The van der Waals surface area contributed by atoms with Gasteiger partial charge in [-0.25, -0.2) is 4.39 Å². The van der Waals surface area contributed by atoms with E-state index in [2.05, 4.69) is 46.8 Å². The number of hydrogen-bond acceptors (Lipinski definition) is 2. The highest BCUT2D eigenvalue weighted by molar-refractivity contribution is 5.73. The minimum Gasteiger partial charge on any atom is -0.493 e. The lowest BCUT2D eigenvalue weighted by Crippen LogP contribution is -2.34. The van der Waals surface area contributed by atoms with Gasteiger partial charge in [-0.1, -0.05) is 34.6 Å². The minimum absolute atomic E-state index is 0.0544. The van der Waals surface area contributed by atoms with Crippen molar-refractivity contribution >= 4 is 5.57 Å². The SMILES string of the molecule is CCCOc1cc2c(cc1/C(C)=C(/F)CO)C(C)(C)CCC2(C)C. The van der Waals surface area contributed by atoms with Crippen molar-refractivity contribution in [2.75, 3.05) is 13.2 Å². The summed E-state index contributed by atoms with van der Waals surface area (Å²) in [5.74, 6) is 0.228. The number of halogens is 1. The third-order valence-electron chi connectivity index (χ3n) is 5.36. The summed E-state index contributed by atoms with van der Waals surface area (Å²) in [6.45, 7) is 12.8. The fourth-order valence-corrected chi connectivity index (χ4v) is 3.48. The Morgan fingerprint density at radius 3 is 2.17 bits per heavy atom. The molecule has 3 heteroatoms. The lowest BCUT2D eigenvalue weighted by molar-refractivity contribution is 0.298. The van der Waals surface area contributed by atoms with Crippen LogP contribution in [0.25, 0.3) is 5.57 Å². The summed E-state index contributed by atoms with van der Waals surface area (Å²) in [7, 11) is 0. The molecule has 0 aromatic heterocycles. The number of ether oxygens (including phenoxy) is 1. The maximum absolute atomic E-state index is 14.1. The van der Waals surface area contributed by atoms with Gasteiger partial charge in [0, 0.05) is 5.56 Å². The number of rotatable bonds is 5. The smallest absolute Gasteiger partial charge is 0.129 e. The van der Waals surface area contributed by atoms with Gasteiger partial charge in [0.05, 0.1) is 13.2 Å². The second kappa shape index (κ2) is 6.87. The number of aliphatic hydroxyl groups excluding tert-OH is 1. The second-order valence-electron chi connectivity index (χ2n) is 8.20. The van der Waals surface area contributed by atoms with Crippen LogP contribution >= 0.6 is 0 Å². The Hall–Kier alpha value is -1.35. The highest BCUT2D eigenvalue weighted by atomic mass is 19.1. The summed E-state index contributed by atoms with van der Waals surface area (Å²) < 4.78 is 20.0. The first-order valence-corrected chi connectivity index (χ1v) is 8.92. The van der Waals surface area contributed by atoms with Crippen molar-refractivity contribution in [3.63, 3.8) is 0 Å². The van der Waals surface area contributed by atoms with E-state index in [0.29, 0.717) is 12.2 Å². The zero-order valence-corrected chi connectivity index (χ0v) is 15.9. The van der Waals surface area contributed by atoms with Crippen molar-refractivity contribution in [1.29, 1.82) is 0 Å². The van der Waals surface area contributed by atoms with Crippen LogP contribution in [0.1, 0.15) is 77.5 Å². The highest BCUT2D eigenvalue weighted by Crippen LogP contribution is 2.48. The van der Waals surface area contributed by atoms with Gasteiger partial charge < -0.3 is 9.84 Å². The van der Waals surface area contributed by atoms with E-state index in [1.54, 1.807) is 6.92 Å². The molecule has 0 spiro atoms. The third kappa shape index (κ3) is 3.51. The predicted octanol–water partition coefficient (Wildman–Crippen LogP) is 5.52. The molecule has 0 fully saturated rings. The van der Waals surface area contributed by atoms with Crippen LogP contribution < -0.4 is 4.74 Å². The van der Waals surface area contributed by atoms with Gasteiger partial charge in [0.15, 0.2) is 0 Å². The summed E-state index contributed by atoms with van der Waals surface area (Å²) in [6.07, 6.45) is 3.13. The van der Waals surface area contributed by atoms with E-state index in [-0.39, 0.29) is 10.8 Å². The molecule has 0 bridgehead atoms. The van der Waals surface area contributed by atoms with Crippen LogP contribution in [0.3, 0.4) is 0 Å². The maximum atomic E-state index is 14.1. The molecular weight excluding hydrogens is 303 g/mol. The maximum Gasteiger partial charge on any atom is 0.129 e. The van der Waals surface area contributed by atoms with Gasteiger partial charge in [0.25, 0.3) is 0 Å². The summed E-state index contributed by atoms with van der Waals surface area (Å²) >= 11 is 0. The molecule has 0 saturated carbocycles. The Kier molecular flexibility index (Phi) is 5.44. The molecule has 0 radical (unpaired) electrons. The summed E-state index contributed by atoms with van der Waals surface area (Å²) in [6, 6.07) is 4.20. The van der Waals surface area contributed by atoms with Crippen LogP contribution in [-0.2, 0) is 10.8 Å². The first-order valence-electron chi connectivity index (χ1n) is 8.92. The lowest BCUT2D eigenvalue weighted by atomic mass is 9.62. The zero-order valence-electron chi connectivity index (χ0n) is 15.9. The minimum atomic E-state index is -0.578. The van der Waals surface area contributed by atoms with Crippen LogP contribution in [0.5, 0.6) is 5.75 Å². The van der Waals surface area contributed by atoms with Gasteiger partial charge in [-0.05, 0) is 65.8 Å². The molecule has 0 saturated heterocycles. The lowest BCUT2D eigenvalue weighted by Gasteiger charge is -2.42. The molecule has 0 atom stereocenters. The first-order chi connectivity index (χ1) is 11.1. The molecule has 1 N–H and O–H groups in total. The predicted molar refractivity (Wildman–Crippen MR) is 98.3 cm³/mol. The molecule has 1 aliphatic rings. The van der Waals surface area contributed by atoms with Crippen LogP contribution in [0.2, 0.25) is 0 Å². The van der Waals surface area contributed by atoms with Crippen molar-refractivity contribution in [3.05, 3.63) is 34.6 Å². The molecule has 0 heterocycles. The Morgan fingerprint density at radius 2 is 1.67 bits per heavy atom. The third-order valence-corrected chi connectivity index (χ3v) is 5.36. The van der Waals surface area contributed by atoms with E-state index in [4.69, 9.17) is 4.74 Å². The molecule has 0 amide bonds. The van der Waals surface area contributed by atoms with E-state index in [1.807, 2.05) is 0 Å². The Morgan fingerprint density at radius 1 is 1.12 bits per heavy atom. The van der Waals surface area contributed by atoms with Gasteiger partial charge in [0.1, 0.15) is 11.6 Å². The van der Waals surface area contributed by atoms with E-state index >= 15 is 0 Å². The molecule has 2 rings (SSSR count). The molecule has 0 aliphatic heterocycles. The number of allylic oxidation sites excluding steroid dienone is 1. The Labute approximate surface area is 145 Å². The number of fused-ring (bicyclic) bond motifs is 1. The largest absolute Gasteiger partial charge is 0.493 e. The molecule has 134 valence electrons. The quantitative estimate of drug-likeness (QED) is 0.768. The van der Waals surface area contributed by atoms with Crippen molar-refractivity contribution in [3.8, 4) is 5.75 Å². The molecule has 1 aliphatic carbocycles. The van der Waals surface area contributed by atoms with Gasteiger partial charge >= 0.3 is 0 Å². The average Bonchev–Trinajstić information content (AvgIpc) is 2.55. The molecule has 24 heavy (non-hydrogen) atoms. The van der Waals surface area contributed by atoms with E-state index in [0.717, 1.165) is 30.6 Å². The Bertz CT molecular complexity index is 641. The molecule has 2 nitrogen and oxygen atoms in total. The van der Waals surface area contributed by atoms with Crippen LogP contribution in [0.4, 0.5) is 4.39 Å². The van der Waals surface area contributed by atoms with E-state index in [9.17, 15) is 9.50 Å². The van der Waals surface area contributed by atoms with Crippen molar-refractivity contribution in [1.82, 2.24) is 0 Å².